The fourth-order valence-corrected chi connectivity index (χ4v) is 5.55. The van der Waals surface area contributed by atoms with E-state index in [4.69, 9.17) is 24.3 Å². The molecule has 37 heavy (non-hydrogen) atoms. The number of hydrogen-bond acceptors (Lipinski definition) is 7. The molecule has 2 aromatic carbocycles. The van der Waals surface area contributed by atoms with E-state index in [2.05, 4.69) is 46.3 Å². The van der Waals surface area contributed by atoms with Crippen molar-refractivity contribution >= 4 is 38.5 Å². The first kappa shape index (κ1) is 30.4. The molecule has 0 saturated carbocycles. The second-order valence-electron chi connectivity index (χ2n) is 9.50. The first-order valence-corrected chi connectivity index (χ1v) is 18.2. The van der Waals surface area contributed by atoms with Crippen molar-refractivity contribution in [3.05, 3.63) is 97.4 Å². The summed E-state index contributed by atoms with van der Waals surface area (Å²) in [5.74, 6) is -1.44. The molecule has 0 bridgehead atoms. The molecule has 198 valence electrons. The molecule has 2 radical (unpaired) electrons. The van der Waals surface area contributed by atoms with Crippen LogP contribution in [0.3, 0.4) is 0 Å². The van der Waals surface area contributed by atoms with Gasteiger partial charge < -0.3 is 4.74 Å². The van der Waals surface area contributed by atoms with E-state index in [0.29, 0.717) is 24.2 Å². The van der Waals surface area contributed by atoms with Gasteiger partial charge in [-0.15, -0.1) is 22.9 Å². The summed E-state index contributed by atoms with van der Waals surface area (Å²) in [6.45, 7) is 20.7. The van der Waals surface area contributed by atoms with Crippen LogP contribution < -0.4 is 10.4 Å². The summed E-state index contributed by atoms with van der Waals surface area (Å²) >= 11 is 0. The molecule has 0 fully saturated rings. The van der Waals surface area contributed by atoms with Crippen LogP contribution in [0.2, 0.25) is 26.2 Å². The van der Waals surface area contributed by atoms with Crippen molar-refractivity contribution in [2.75, 3.05) is 13.2 Å². The van der Waals surface area contributed by atoms with Crippen LogP contribution in [-0.4, -0.2) is 41.3 Å². The van der Waals surface area contributed by atoms with E-state index in [9.17, 15) is 9.59 Å². The number of hydrogen-bond donors (Lipinski definition) is 0. The molecule has 0 aliphatic carbocycles. The summed E-state index contributed by atoms with van der Waals surface area (Å²) in [5.41, 5.74) is 4.54. The van der Waals surface area contributed by atoms with Crippen LogP contribution >= 0.6 is 0 Å². The molecule has 0 spiro atoms. The second kappa shape index (κ2) is 14.2. The number of rotatable bonds is 15. The molecule has 0 heterocycles. The maximum absolute atomic E-state index is 12.5. The SMILES string of the molecule is [CH2]CCOCC[C](OOC(=O)c1ccc([Si](C)(C)C=C)cc1)OOC(=O)c1ccc([Si](C)(C)C=C)cc1. The van der Waals surface area contributed by atoms with Gasteiger partial charge in [0.1, 0.15) is 16.1 Å². The zero-order valence-corrected chi connectivity index (χ0v) is 24.1. The molecule has 0 aliphatic rings. The smallest absolute Gasteiger partial charge is 0.373 e. The highest BCUT2D eigenvalue weighted by Crippen LogP contribution is 2.16. The molecule has 0 aliphatic heterocycles. The molecule has 9 heteroatoms. The largest absolute Gasteiger partial charge is 0.381 e. The monoisotopic (exact) mass is 540 g/mol. The zero-order valence-electron chi connectivity index (χ0n) is 22.1. The number of ether oxygens (including phenoxy) is 1. The number of benzene rings is 2. The first-order chi connectivity index (χ1) is 17.5. The fraction of sp³-hybridized carbons (Fsp3) is 0.286. The Morgan fingerprint density at radius 1 is 0.703 bits per heavy atom. The van der Waals surface area contributed by atoms with Gasteiger partial charge in [0, 0.05) is 13.0 Å². The molecule has 0 atom stereocenters. The lowest BCUT2D eigenvalue weighted by Gasteiger charge is -2.18. The van der Waals surface area contributed by atoms with Crippen molar-refractivity contribution in [1.82, 2.24) is 0 Å². The summed E-state index contributed by atoms with van der Waals surface area (Å²) in [4.78, 5) is 45.0. The van der Waals surface area contributed by atoms with Gasteiger partial charge in [0.05, 0.1) is 17.7 Å². The lowest BCUT2D eigenvalue weighted by atomic mass is 10.2. The van der Waals surface area contributed by atoms with Crippen LogP contribution in [0.25, 0.3) is 0 Å². The van der Waals surface area contributed by atoms with Crippen LogP contribution in [0.4, 0.5) is 0 Å². The fourth-order valence-electron chi connectivity index (χ4n) is 3.03. The van der Waals surface area contributed by atoms with Gasteiger partial charge >= 0.3 is 18.2 Å². The second-order valence-corrected chi connectivity index (χ2v) is 18.4. The van der Waals surface area contributed by atoms with E-state index in [1.165, 1.54) is 0 Å². The molecule has 2 aromatic rings. The molecule has 2 rings (SSSR count). The minimum atomic E-state index is -1.75. The third kappa shape index (κ3) is 9.21. The highest BCUT2D eigenvalue weighted by molar-refractivity contribution is 6.94. The van der Waals surface area contributed by atoms with Crippen molar-refractivity contribution < 1.29 is 33.9 Å². The normalized spacial score (nSPS) is 11.7. The van der Waals surface area contributed by atoms with Crippen LogP contribution in [-0.2, 0) is 24.3 Å². The average Bonchev–Trinajstić information content (AvgIpc) is 2.91. The zero-order chi connectivity index (χ0) is 27.5. The Labute approximate surface area is 221 Å². The van der Waals surface area contributed by atoms with Gasteiger partial charge in [-0.1, -0.05) is 79.1 Å². The molecule has 0 saturated heterocycles. The van der Waals surface area contributed by atoms with Gasteiger partial charge in [-0.3, -0.25) is 9.78 Å². The molecule has 0 amide bonds. The Morgan fingerprint density at radius 3 is 1.46 bits per heavy atom. The van der Waals surface area contributed by atoms with Crippen LogP contribution in [0.1, 0.15) is 33.6 Å². The Morgan fingerprint density at radius 2 is 1.11 bits per heavy atom. The number of carbonyl (C=O) groups is 2. The Hall–Kier alpha value is -2.83. The van der Waals surface area contributed by atoms with Crippen LogP contribution in [0.5, 0.6) is 0 Å². The third-order valence-electron chi connectivity index (χ3n) is 5.91. The third-order valence-corrected chi connectivity index (χ3v) is 11.6. The Kier molecular flexibility index (Phi) is 11.7. The summed E-state index contributed by atoms with van der Waals surface area (Å²) in [5, 5.41) is 2.27. The van der Waals surface area contributed by atoms with E-state index in [-0.39, 0.29) is 19.3 Å². The molecular weight excluding hydrogens is 504 g/mol. The lowest BCUT2D eigenvalue weighted by Crippen LogP contribution is -2.39. The van der Waals surface area contributed by atoms with E-state index in [1.54, 1.807) is 24.3 Å². The maximum Gasteiger partial charge on any atom is 0.373 e. The van der Waals surface area contributed by atoms with Gasteiger partial charge in [0.15, 0.2) is 0 Å². The van der Waals surface area contributed by atoms with E-state index >= 15 is 0 Å². The van der Waals surface area contributed by atoms with Crippen molar-refractivity contribution in [3.63, 3.8) is 0 Å². The first-order valence-electron chi connectivity index (χ1n) is 12.0. The molecule has 0 N–H and O–H groups in total. The Balaban J connectivity index is 1.98. The van der Waals surface area contributed by atoms with E-state index in [0.717, 1.165) is 10.4 Å². The topological polar surface area (TPSA) is 80.3 Å². The van der Waals surface area contributed by atoms with Crippen LogP contribution in [0, 0.1) is 13.2 Å². The molecular formula is C28H36O7Si2. The van der Waals surface area contributed by atoms with Gasteiger partial charge in [0.2, 0.25) is 0 Å². The van der Waals surface area contributed by atoms with Crippen molar-refractivity contribution in [1.29, 1.82) is 0 Å². The quantitative estimate of drug-likeness (QED) is 0.137. The van der Waals surface area contributed by atoms with Crippen LogP contribution in [0.15, 0.2) is 73.1 Å². The molecule has 0 unspecified atom stereocenters. The predicted octanol–water partition coefficient (Wildman–Crippen LogP) is 4.97. The lowest BCUT2D eigenvalue weighted by molar-refractivity contribution is -0.364. The minimum absolute atomic E-state index is 0.0662. The van der Waals surface area contributed by atoms with Crippen molar-refractivity contribution in [2.45, 2.75) is 39.0 Å². The molecule has 7 nitrogen and oxygen atoms in total. The Bertz CT molecular complexity index is 968. The van der Waals surface area contributed by atoms with Crippen molar-refractivity contribution in [3.8, 4) is 0 Å². The number of carbonyl (C=O) groups excluding carboxylic acids is 2. The molecule has 0 aromatic heterocycles. The van der Waals surface area contributed by atoms with E-state index in [1.807, 2.05) is 35.7 Å². The van der Waals surface area contributed by atoms with Gasteiger partial charge in [-0.25, -0.2) is 9.59 Å². The standard InChI is InChI=1S/C28H36O7Si2/c1-8-20-31-21-19-26(32-34-27(29)22-11-15-24(16-12-22)36(4,5)9-2)33-35-28(30)23-13-17-25(18-14-23)37(6,7)10-3/h9-18H,1-3,8,19-21H2,4-7H3. The summed E-state index contributed by atoms with van der Waals surface area (Å²) in [7, 11) is -3.49. The minimum Gasteiger partial charge on any atom is -0.381 e. The van der Waals surface area contributed by atoms with E-state index < -0.39 is 28.1 Å². The van der Waals surface area contributed by atoms with Gasteiger partial charge in [0.25, 0.3) is 0 Å². The van der Waals surface area contributed by atoms with Gasteiger partial charge in [-0.2, -0.15) is 0 Å². The summed E-state index contributed by atoms with van der Waals surface area (Å²) in [6.07, 6.45) is 0.417. The highest BCUT2D eigenvalue weighted by atomic mass is 28.3. The summed E-state index contributed by atoms with van der Waals surface area (Å²) in [6, 6.07) is 14.2. The highest BCUT2D eigenvalue weighted by Gasteiger charge is 2.24. The average molecular weight is 541 g/mol. The summed E-state index contributed by atoms with van der Waals surface area (Å²) < 4.78 is 5.37. The van der Waals surface area contributed by atoms with Gasteiger partial charge in [-0.05, 0) is 30.7 Å². The maximum atomic E-state index is 12.5. The predicted molar refractivity (Wildman–Crippen MR) is 149 cm³/mol. The van der Waals surface area contributed by atoms with Crippen molar-refractivity contribution in [2.24, 2.45) is 0 Å².